The largest absolute Gasteiger partial charge is 0.427 e. The normalized spacial score (nSPS) is 11.6. The van der Waals surface area contributed by atoms with Crippen molar-refractivity contribution >= 4 is 16.5 Å². The summed E-state index contributed by atoms with van der Waals surface area (Å²) in [5.41, 5.74) is 1.17. The van der Waals surface area contributed by atoms with Crippen molar-refractivity contribution < 1.29 is 13.2 Å². The van der Waals surface area contributed by atoms with E-state index in [0.29, 0.717) is 30.8 Å². The third-order valence-electron chi connectivity index (χ3n) is 3.41. The molecule has 126 valence electrons. The molecule has 0 unspecified atom stereocenters. The first kappa shape index (κ1) is 16.5. The van der Waals surface area contributed by atoms with Gasteiger partial charge >= 0.3 is 6.18 Å². The third-order valence-corrected chi connectivity index (χ3v) is 4.41. The number of benzene rings is 1. The van der Waals surface area contributed by atoms with Crippen LogP contribution < -0.4 is 5.32 Å². The molecule has 1 N–H and O–H groups in total. The summed E-state index contributed by atoms with van der Waals surface area (Å²) in [6, 6.07) is 10.0. The Bertz CT molecular complexity index is 780. The van der Waals surface area contributed by atoms with E-state index in [1.54, 1.807) is 6.20 Å². The summed E-state index contributed by atoms with van der Waals surface area (Å²) in [5, 5.41) is 3.19. The zero-order valence-corrected chi connectivity index (χ0v) is 13.4. The Kier molecular flexibility index (Phi) is 4.84. The average molecular weight is 352 g/mol. The zero-order valence-electron chi connectivity index (χ0n) is 12.6. The van der Waals surface area contributed by atoms with E-state index in [1.165, 1.54) is 5.56 Å². The fourth-order valence-electron chi connectivity index (χ4n) is 2.26. The van der Waals surface area contributed by atoms with Gasteiger partial charge in [-0.15, -0.1) is 0 Å². The molecule has 0 atom stereocenters. The van der Waals surface area contributed by atoms with Crippen molar-refractivity contribution in [1.29, 1.82) is 0 Å². The molecule has 2 heterocycles. The van der Waals surface area contributed by atoms with E-state index < -0.39 is 11.1 Å². The van der Waals surface area contributed by atoms with Gasteiger partial charge in [-0.05, 0) is 5.56 Å². The monoisotopic (exact) mass is 352 g/mol. The first-order valence-corrected chi connectivity index (χ1v) is 8.15. The van der Waals surface area contributed by atoms with Crippen LogP contribution in [0.15, 0.2) is 48.9 Å². The summed E-state index contributed by atoms with van der Waals surface area (Å²) in [5.74, 6) is 0.874. The molecule has 24 heavy (non-hydrogen) atoms. The molecular weight excluding hydrogens is 337 g/mol. The SMILES string of the molecule is FC(F)(F)c1cnc(NCCc2nccn2Cc2ccccc2)s1. The van der Waals surface area contributed by atoms with Crippen LogP contribution in [0.5, 0.6) is 0 Å². The first-order valence-electron chi connectivity index (χ1n) is 7.33. The lowest BCUT2D eigenvalue weighted by Gasteiger charge is -2.08. The van der Waals surface area contributed by atoms with Crippen LogP contribution in [0.25, 0.3) is 0 Å². The van der Waals surface area contributed by atoms with Crippen LogP contribution >= 0.6 is 11.3 Å². The number of anilines is 1. The van der Waals surface area contributed by atoms with Gasteiger partial charge in [-0.25, -0.2) is 9.97 Å². The summed E-state index contributed by atoms with van der Waals surface area (Å²) >= 11 is 0.609. The van der Waals surface area contributed by atoms with Crippen LogP contribution in [0.4, 0.5) is 18.3 Å². The van der Waals surface area contributed by atoms with Gasteiger partial charge in [0, 0.05) is 31.9 Å². The van der Waals surface area contributed by atoms with Crippen LogP contribution in [0.1, 0.15) is 16.3 Å². The summed E-state index contributed by atoms with van der Waals surface area (Å²) in [6.07, 6.45) is 0.727. The molecule has 0 aliphatic carbocycles. The van der Waals surface area contributed by atoms with Crippen molar-refractivity contribution in [3.8, 4) is 0 Å². The topological polar surface area (TPSA) is 42.7 Å². The standard InChI is InChI=1S/C16H15F3N4S/c17-16(18,19)13-10-22-15(24-13)21-7-6-14-20-8-9-23(14)11-12-4-2-1-3-5-12/h1-5,8-10H,6-7,11H2,(H,21,22). The minimum Gasteiger partial charge on any atom is -0.361 e. The number of rotatable bonds is 6. The lowest BCUT2D eigenvalue weighted by Crippen LogP contribution is -2.10. The van der Waals surface area contributed by atoms with Gasteiger partial charge in [0.1, 0.15) is 10.7 Å². The number of thiazole rings is 1. The lowest BCUT2D eigenvalue weighted by molar-refractivity contribution is -0.134. The highest BCUT2D eigenvalue weighted by atomic mass is 32.1. The molecule has 0 radical (unpaired) electrons. The van der Waals surface area contributed by atoms with E-state index >= 15 is 0 Å². The number of hydrogen-bond donors (Lipinski definition) is 1. The fourth-order valence-corrected chi connectivity index (χ4v) is 2.97. The Balaban J connectivity index is 1.56. The summed E-state index contributed by atoms with van der Waals surface area (Å²) in [6.45, 7) is 1.18. The van der Waals surface area contributed by atoms with Crippen LogP contribution in [-0.2, 0) is 19.1 Å². The Hall–Kier alpha value is -2.35. The maximum atomic E-state index is 12.5. The van der Waals surface area contributed by atoms with Crippen molar-refractivity contribution in [3.63, 3.8) is 0 Å². The predicted molar refractivity (Wildman–Crippen MR) is 87.1 cm³/mol. The van der Waals surface area contributed by atoms with Crippen LogP contribution in [0.3, 0.4) is 0 Å². The van der Waals surface area contributed by atoms with Crippen molar-refractivity contribution in [2.75, 3.05) is 11.9 Å². The van der Waals surface area contributed by atoms with Gasteiger partial charge in [-0.2, -0.15) is 13.2 Å². The van der Waals surface area contributed by atoms with E-state index in [-0.39, 0.29) is 5.13 Å². The number of alkyl halides is 3. The molecule has 0 spiro atoms. The third kappa shape index (κ3) is 4.14. The van der Waals surface area contributed by atoms with Crippen molar-refractivity contribution in [3.05, 3.63) is 65.2 Å². The highest BCUT2D eigenvalue weighted by Gasteiger charge is 2.33. The summed E-state index contributed by atoms with van der Waals surface area (Å²) in [7, 11) is 0. The number of nitrogens with one attached hydrogen (secondary N) is 1. The molecule has 0 aliphatic rings. The predicted octanol–water partition coefficient (Wildman–Crippen LogP) is 4.06. The van der Waals surface area contributed by atoms with Gasteiger partial charge in [-0.1, -0.05) is 41.7 Å². The molecule has 3 rings (SSSR count). The number of halogens is 3. The second-order valence-electron chi connectivity index (χ2n) is 5.16. The Labute approximate surface area is 141 Å². The number of imidazole rings is 1. The van der Waals surface area contributed by atoms with Crippen molar-refractivity contribution in [1.82, 2.24) is 14.5 Å². The van der Waals surface area contributed by atoms with Gasteiger partial charge in [0.25, 0.3) is 0 Å². The van der Waals surface area contributed by atoms with Gasteiger partial charge in [0.2, 0.25) is 0 Å². The second kappa shape index (κ2) is 7.04. The molecule has 0 amide bonds. The molecule has 0 fully saturated rings. The van der Waals surface area contributed by atoms with Crippen molar-refractivity contribution in [2.24, 2.45) is 0 Å². The van der Waals surface area contributed by atoms with Gasteiger partial charge in [0.15, 0.2) is 5.13 Å². The van der Waals surface area contributed by atoms with E-state index in [4.69, 9.17) is 0 Å². The molecule has 8 heteroatoms. The molecule has 1 aromatic carbocycles. The van der Waals surface area contributed by atoms with E-state index in [1.807, 2.05) is 41.1 Å². The molecule has 0 bridgehead atoms. The lowest BCUT2D eigenvalue weighted by atomic mass is 10.2. The van der Waals surface area contributed by atoms with Crippen LogP contribution in [-0.4, -0.2) is 21.1 Å². The molecule has 0 saturated heterocycles. The number of aromatic nitrogens is 3. The minimum absolute atomic E-state index is 0.267. The Morgan fingerprint density at radius 1 is 1.12 bits per heavy atom. The molecule has 0 aliphatic heterocycles. The van der Waals surface area contributed by atoms with Gasteiger partial charge in [0.05, 0.1) is 6.20 Å². The second-order valence-corrected chi connectivity index (χ2v) is 6.19. The molecule has 2 aromatic heterocycles. The maximum absolute atomic E-state index is 12.5. The minimum atomic E-state index is -4.34. The summed E-state index contributed by atoms with van der Waals surface area (Å²) in [4.78, 5) is 7.37. The highest BCUT2D eigenvalue weighted by molar-refractivity contribution is 7.15. The number of hydrogen-bond acceptors (Lipinski definition) is 4. The van der Waals surface area contributed by atoms with E-state index in [9.17, 15) is 13.2 Å². The Morgan fingerprint density at radius 3 is 2.62 bits per heavy atom. The maximum Gasteiger partial charge on any atom is 0.427 e. The first-order chi connectivity index (χ1) is 11.5. The number of nitrogens with zero attached hydrogens (tertiary/aromatic N) is 3. The zero-order chi connectivity index (χ0) is 17.0. The van der Waals surface area contributed by atoms with Gasteiger partial charge < -0.3 is 9.88 Å². The molecule has 3 aromatic rings. The van der Waals surface area contributed by atoms with E-state index in [0.717, 1.165) is 12.0 Å². The molecule has 4 nitrogen and oxygen atoms in total. The molecular formula is C16H15F3N4S. The Morgan fingerprint density at radius 2 is 1.92 bits per heavy atom. The van der Waals surface area contributed by atoms with Crippen LogP contribution in [0, 0.1) is 0 Å². The van der Waals surface area contributed by atoms with Crippen LogP contribution in [0.2, 0.25) is 0 Å². The van der Waals surface area contributed by atoms with Crippen molar-refractivity contribution in [2.45, 2.75) is 19.1 Å². The smallest absolute Gasteiger partial charge is 0.361 e. The average Bonchev–Trinajstić information content (AvgIpc) is 3.18. The quantitative estimate of drug-likeness (QED) is 0.727. The fraction of sp³-hybridized carbons (Fsp3) is 0.250. The van der Waals surface area contributed by atoms with E-state index in [2.05, 4.69) is 15.3 Å². The summed E-state index contributed by atoms with van der Waals surface area (Å²) < 4.78 is 39.6. The van der Waals surface area contributed by atoms with Gasteiger partial charge in [-0.3, -0.25) is 0 Å². The molecule has 0 saturated carbocycles. The highest BCUT2D eigenvalue weighted by Crippen LogP contribution is 2.34.